The van der Waals surface area contributed by atoms with Crippen LogP contribution in [0.3, 0.4) is 0 Å². The molecule has 2 heterocycles. The molecular formula is C32H39F2N5O6SSi. The van der Waals surface area contributed by atoms with Crippen LogP contribution in [0.4, 0.5) is 13.6 Å². The molecule has 2 amide bonds. The fraction of sp³-hybridized carbons (Fsp3) is 0.469. The highest BCUT2D eigenvalue weighted by atomic mass is 32.2. The lowest BCUT2D eigenvalue weighted by Crippen LogP contribution is -2.45. The molecule has 0 saturated heterocycles. The normalized spacial score (nSPS) is 22.7. The number of amides is 2. The van der Waals surface area contributed by atoms with Gasteiger partial charge in [0.1, 0.15) is 23.0 Å². The molecule has 1 aromatic carbocycles. The van der Waals surface area contributed by atoms with Crippen molar-refractivity contribution in [1.29, 1.82) is 0 Å². The van der Waals surface area contributed by atoms with Gasteiger partial charge < -0.3 is 24.6 Å². The SMILES string of the molecule is C#CCOc1cnc(/C(F)=C/c2ccc(F)c([C@@]3(C)N=C(OC(=O)NCOCC[Si](C)(C)C)S[C@@]4(C(=O)NCC(C)O)C[C@H]43)c2)cn1. The molecule has 4 rings (SSSR count). The Kier molecular flexibility index (Phi) is 11.4. The van der Waals surface area contributed by atoms with Crippen molar-refractivity contribution >= 4 is 49.0 Å². The summed E-state index contributed by atoms with van der Waals surface area (Å²) in [7, 11) is -1.31. The predicted octanol–water partition coefficient (Wildman–Crippen LogP) is 4.71. The zero-order chi connectivity index (χ0) is 34.4. The number of aromatic nitrogens is 2. The molecule has 2 aromatic rings. The zero-order valence-corrected chi connectivity index (χ0v) is 28.7. The first-order valence-corrected chi connectivity index (χ1v) is 19.5. The van der Waals surface area contributed by atoms with E-state index in [1.807, 2.05) is 0 Å². The van der Waals surface area contributed by atoms with E-state index in [0.29, 0.717) is 12.2 Å². The van der Waals surface area contributed by atoms with E-state index in [9.17, 15) is 14.7 Å². The van der Waals surface area contributed by atoms with E-state index in [1.54, 1.807) is 6.92 Å². The number of aliphatic imine (C=N–C) groups is 1. The minimum atomic E-state index is -1.38. The molecule has 2 aliphatic rings. The third kappa shape index (κ3) is 9.16. The highest BCUT2D eigenvalue weighted by Gasteiger charge is 2.71. The molecular weight excluding hydrogens is 649 g/mol. The first-order chi connectivity index (χ1) is 22.2. The van der Waals surface area contributed by atoms with Gasteiger partial charge in [0, 0.05) is 32.7 Å². The number of alkyl carbamates (subject to hydrolysis) is 1. The minimum Gasteiger partial charge on any atom is -0.463 e. The number of hydrogen-bond donors (Lipinski definition) is 3. The molecule has 0 spiro atoms. The third-order valence-electron chi connectivity index (χ3n) is 7.62. The zero-order valence-electron chi connectivity index (χ0n) is 26.9. The van der Waals surface area contributed by atoms with Crippen molar-refractivity contribution in [1.82, 2.24) is 20.6 Å². The number of carbonyl (C=O) groups is 2. The summed E-state index contributed by atoms with van der Waals surface area (Å²) in [5.41, 5.74) is -1.08. The summed E-state index contributed by atoms with van der Waals surface area (Å²) in [6, 6.07) is 4.93. The van der Waals surface area contributed by atoms with E-state index >= 15 is 8.78 Å². The van der Waals surface area contributed by atoms with Crippen molar-refractivity contribution in [2.24, 2.45) is 10.9 Å². The van der Waals surface area contributed by atoms with Crippen LogP contribution >= 0.6 is 11.8 Å². The largest absolute Gasteiger partial charge is 0.463 e. The Bertz CT molecular complexity index is 1580. The molecule has 3 N–H and O–H groups in total. The van der Waals surface area contributed by atoms with Crippen molar-refractivity contribution < 1.29 is 37.7 Å². The first-order valence-electron chi connectivity index (χ1n) is 15.0. The van der Waals surface area contributed by atoms with Gasteiger partial charge in [-0.3, -0.25) is 10.1 Å². The van der Waals surface area contributed by atoms with E-state index in [2.05, 4.69) is 51.2 Å². The van der Waals surface area contributed by atoms with E-state index in [-0.39, 0.29) is 48.7 Å². The van der Waals surface area contributed by atoms with E-state index < -0.39 is 54.0 Å². The second kappa shape index (κ2) is 14.9. The molecule has 0 bridgehead atoms. The molecule has 252 valence electrons. The third-order valence-corrected chi connectivity index (χ3v) is 10.7. The maximum atomic E-state index is 15.6. The average Bonchev–Trinajstić information content (AvgIpc) is 3.76. The number of thioether (sulfide) groups is 1. The van der Waals surface area contributed by atoms with Gasteiger partial charge in [0.2, 0.25) is 11.8 Å². The van der Waals surface area contributed by atoms with Crippen molar-refractivity contribution in [3.05, 3.63) is 53.2 Å². The second-order valence-electron chi connectivity index (χ2n) is 12.7. The summed E-state index contributed by atoms with van der Waals surface area (Å²) >= 11 is 0.971. The number of ether oxygens (including phenoxy) is 3. The standard InChI is InChI=1S/C32H39F2N5O6SSi/c1-7-10-44-27-18-35-25(17-36-27)24(34)14-21-8-9-23(33)22(13-21)31(3)26-15-32(26,28(41)37-16-20(2)40)46-30(39-31)45-29(42)38-19-43-11-12-47(4,5)6/h1,8-9,13-14,17-18,20,26,40H,10-12,15-16,19H2,2-6H3,(H,37,41)(H,38,42)/b24-14-/t20?,26-,31+,32-/m0/s1. The number of rotatable bonds is 13. The van der Waals surface area contributed by atoms with Crippen molar-refractivity contribution in [3.8, 4) is 18.2 Å². The van der Waals surface area contributed by atoms with Crippen LogP contribution in [0, 0.1) is 24.1 Å². The second-order valence-corrected chi connectivity index (χ2v) is 19.6. The van der Waals surface area contributed by atoms with Crippen LogP contribution in [-0.4, -0.2) is 77.7 Å². The lowest BCUT2D eigenvalue weighted by atomic mass is 9.84. The number of aliphatic hydroxyl groups excluding tert-OH is 1. The molecule has 4 atom stereocenters. The number of carbonyl (C=O) groups excluding carboxylic acids is 2. The fourth-order valence-electron chi connectivity index (χ4n) is 4.98. The van der Waals surface area contributed by atoms with Gasteiger partial charge >= 0.3 is 6.09 Å². The molecule has 1 fully saturated rings. The van der Waals surface area contributed by atoms with E-state index in [0.717, 1.165) is 17.8 Å². The van der Waals surface area contributed by atoms with Crippen molar-refractivity contribution in [3.63, 3.8) is 0 Å². The number of halogens is 2. The summed E-state index contributed by atoms with van der Waals surface area (Å²) in [5.74, 6) is 0.150. The van der Waals surface area contributed by atoms with E-state index in [1.165, 1.54) is 43.6 Å². The minimum absolute atomic E-state index is 0.000974. The average molecular weight is 688 g/mol. The maximum absolute atomic E-state index is 15.6. The van der Waals surface area contributed by atoms with Crippen LogP contribution in [-0.2, 0) is 19.8 Å². The van der Waals surface area contributed by atoms with Crippen LogP contribution < -0.4 is 15.4 Å². The van der Waals surface area contributed by atoms with Crippen LogP contribution in [0.2, 0.25) is 25.7 Å². The van der Waals surface area contributed by atoms with Crippen molar-refractivity contribution in [2.45, 2.75) is 62.3 Å². The highest BCUT2D eigenvalue weighted by Crippen LogP contribution is 2.66. The van der Waals surface area contributed by atoms with Gasteiger partial charge in [0.25, 0.3) is 5.23 Å². The van der Waals surface area contributed by atoms with Gasteiger partial charge in [-0.1, -0.05) is 31.6 Å². The number of fused-ring (bicyclic) bond motifs is 1. The van der Waals surface area contributed by atoms with Crippen LogP contribution in [0.5, 0.6) is 5.88 Å². The Morgan fingerprint density at radius 1 is 1.28 bits per heavy atom. The number of nitrogens with zero attached hydrogens (tertiary/aromatic N) is 3. The molecule has 1 aromatic heterocycles. The Hall–Kier alpha value is -3.84. The maximum Gasteiger partial charge on any atom is 0.416 e. The number of nitrogens with one attached hydrogen (secondary N) is 2. The van der Waals surface area contributed by atoms with Crippen LogP contribution in [0.1, 0.15) is 37.1 Å². The molecule has 1 aliphatic heterocycles. The number of aliphatic hydroxyl groups is 1. The van der Waals surface area contributed by atoms with E-state index in [4.69, 9.17) is 20.6 Å². The molecule has 0 radical (unpaired) electrons. The number of terminal acetylenes is 1. The van der Waals surface area contributed by atoms with Gasteiger partial charge in [0.15, 0.2) is 12.4 Å². The monoisotopic (exact) mass is 687 g/mol. The first kappa shape index (κ1) is 36.0. The summed E-state index contributed by atoms with van der Waals surface area (Å²) in [6.07, 6.45) is 7.40. The lowest BCUT2D eigenvalue weighted by Gasteiger charge is -2.34. The Balaban J connectivity index is 1.59. The number of hydrogen-bond acceptors (Lipinski definition) is 10. The lowest BCUT2D eigenvalue weighted by molar-refractivity contribution is -0.122. The fourth-order valence-corrected chi connectivity index (χ4v) is 7.19. The molecule has 1 saturated carbocycles. The van der Waals surface area contributed by atoms with Gasteiger partial charge in [-0.05, 0) is 61.8 Å². The molecule has 1 unspecified atom stereocenters. The summed E-state index contributed by atoms with van der Waals surface area (Å²) in [4.78, 5) is 38.8. The predicted molar refractivity (Wildman–Crippen MR) is 178 cm³/mol. The molecule has 1 aliphatic carbocycles. The van der Waals surface area contributed by atoms with Crippen molar-refractivity contribution in [2.75, 3.05) is 26.5 Å². The molecule has 47 heavy (non-hydrogen) atoms. The Morgan fingerprint density at radius 3 is 2.70 bits per heavy atom. The van der Waals surface area contributed by atoms with Crippen LogP contribution in [0.15, 0.2) is 35.6 Å². The van der Waals surface area contributed by atoms with Gasteiger partial charge in [-0.25, -0.2) is 28.5 Å². The Morgan fingerprint density at radius 2 is 2.04 bits per heavy atom. The molecule has 15 heteroatoms. The quantitative estimate of drug-likeness (QED) is 0.118. The summed E-state index contributed by atoms with van der Waals surface area (Å²) in [5, 5.41) is 14.8. The smallest absolute Gasteiger partial charge is 0.416 e. The topological polar surface area (TPSA) is 144 Å². The van der Waals surface area contributed by atoms with Gasteiger partial charge in [-0.15, -0.1) is 6.42 Å². The van der Waals surface area contributed by atoms with Gasteiger partial charge in [0.05, 0.1) is 24.0 Å². The number of benzene rings is 1. The van der Waals surface area contributed by atoms with Crippen LogP contribution in [0.25, 0.3) is 11.9 Å². The molecule has 11 nitrogen and oxygen atoms in total. The summed E-state index contributed by atoms with van der Waals surface area (Å²) < 4.78 is 45.8. The summed E-state index contributed by atoms with van der Waals surface area (Å²) in [6.45, 7) is 10.2. The van der Waals surface area contributed by atoms with Gasteiger partial charge in [-0.2, -0.15) is 0 Å². The highest BCUT2D eigenvalue weighted by molar-refractivity contribution is 8.15. The Labute approximate surface area is 278 Å².